The second-order valence-corrected chi connectivity index (χ2v) is 4.03. The van der Waals surface area contributed by atoms with Gasteiger partial charge >= 0.3 is 5.82 Å². The smallest absolute Gasteiger partial charge is 0.333 e. The van der Waals surface area contributed by atoms with Crippen LogP contribution in [0.4, 0.5) is 0 Å². The van der Waals surface area contributed by atoms with Gasteiger partial charge in [-0.1, -0.05) is 24.6 Å². The molecule has 0 aromatic carbocycles. The third-order valence-corrected chi connectivity index (χ3v) is 2.62. The molecule has 0 unspecified atom stereocenters. The van der Waals surface area contributed by atoms with Gasteiger partial charge in [0.2, 0.25) is 0 Å². The number of aromatic nitrogens is 1. The zero-order chi connectivity index (χ0) is 13.5. The molecule has 98 valence electrons. The Hall–Kier alpha value is -1.82. The van der Waals surface area contributed by atoms with E-state index in [1.807, 2.05) is 13.0 Å². The zero-order valence-corrected chi connectivity index (χ0v) is 10.8. The Balaban J connectivity index is 2.52. The SMILES string of the molecule is CCC(NCCc1ccc(Cl)nc1)=C(N)[N+](=O)[O-]. The van der Waals surface area contributed by atoms with Crippen molar-refractivity contribution in [2.24, 2.45) is 5.73 Å². The molecule has 3 N–H and O–H groups in total. The Morgan fingerprint density at radius 3 is 2.83 bits per heavy atom. The first-order chi connectivity index (χ1) is 8.54. The highest BCUT2D eigenvalue weighted by molar-refractivity contribution is 6.29. The number of nitro groups is 1. The average molecular weight is 271 g/mol. The fourth-order valence-electron chi connectivity index (χ4n) is 1.42. The summed E-state index contributed by atoms with van der Waals surface area (Å²) in [4.78, 5) is 13.9. The summed E-state index contributed by atoms with van der Waals surface area (Å²) in [6.07, 6.45) is 2.86. The monoisotopic (exact) mass is 270 g/mol. The molecule has 6 nitrogen and oxygen atoms in total. The molecule has 18 heavy (non-hydrogen) atoms. The van der Waals surface area contributed by atoms with Crippen LogP contribution in [0.2, 0.25) is 5.15 Å². The number of hydrogen-bond donors (Lipinski definition) is 2. The first kappa shape index (κ1) is 14.2. The quantitative estimate of drug-likeness (QED) is 0.466. The third kappa shape index (κ3) is 4.21. The van der Waals surface area contributed by atoms with Crippen LogP contribution in [-0.2, 0) is 6.42 Å². The van der Waals surface area contributed by atoms with E-state index in [1.54, 1.807) is 12.3 Å². The van der Waals surface area contributed by atoms with E-state index in [9.17, 15) is 10.1 Å². The highest BCUT2D eigenvalue weighted by atomic mass is 35.5. The lowest BCUT2D eigenvalue weighted by atomic mass is 10.2. The first-order valence-corrected chi connectivity index (χ1v) is 5.89. The molecular formula is C11H15ClN4O2. The van der Waals surface area contributed by atoms with Crippen molar-refractivity contribution in [3.63, 3.8) is 0 Å². The van der Waals surface area contributed by atoms with Crippen molar-refractivity contribution in [2.75, 3.05) is 6.54 Å². The van der Waals surface area contributed by atoms with Crippen LogP contribution in [0.3, 0.4) is 0 Å². The Kier molecular flexibility index (Phi) is 5.38. The van der Waals surface area contributed by atoms with Crippen LogP contribution in [0, 0.1) is 10.1 Å². The van der Waals surface area contributed by atoms with E-state index in [2.05, 4.69) is 10.3 Å². The van der Waals surface area contributed by atoms with Crippen molar-refractivity contribution in [1.82, 2.24) is 10.3 Å². The summed E-state index contributed by atoms with van der Waals surface area (Å²) in [5, 5.41) is 13.9. The van der Waals surface area contributed by atoms with Crippen molar-refractivity contribution >= 4 is 11.6 Å². The highest BCUT2D eigenvalue weighted by Gasteiger charge is 2.09. The number of nitrogens with two attached hydrogens (primary N) is 1. The Bertz CT molecular complexity index is 445. The Morgan fingerprint density at radius 1 is 1.61 bits per heavy atom. The van der Waals surface area contributed by atoms with Crippen LogP contribution in [0.25, 0.3) is 0 Å². The second kappa shape index (κ2) is 6.80. The third-order valence-electron chi connectivity index (χ3n) is 2.40. The van der Waals surface area contributed by atoms with Crippen LogP contribution in [0.15, 0.2) is 29.8 Å². The minimum Gasteiger partial charge on any atom is -0.381 e. The lowest BCUT2D eigenvalue weighted by Gasteiger charge is -2.09. The summed E-state index contributed by atoms with van der Waals surface area (Å²) in [7, 11) is 0. The van der Waals surface area contributed by atoms with E-state index < -0.39 is 4.92 Å². The molecule has 0 fully saturated rings. The number of allylic oxidation sites excluding steroid dienone is 1. The van der Waals surface area contributed by atoms with Crippen molar-refractivity contribution in [1.29, 1.82) is 0 Å². The maximum atomic E-state index is 10.5. The number of rotatable bonds is 6. The highest BCUT2D eigenvalue weighted by Crippen LogP contribution is 2.06. The van der Waals surface area contributed by atoms with Gasteiger partial charge in [0.05, 0.1) is 0 Å². The van der Waals surface area contributed by atoms with E-state index >= 15 is 0 Å². The maximum Gasteiger partial charge on any atom is 0.333 e. The molecule has 7 heteroatoms. The molecule has 0 aliphatic rings. The standard InChI is InChI=1S/C11H15ClN4O2/c1-2-9(11(13)16(17)18)14-6-5-8-3-4-10(12)15-7-8/h3-4,7,14H,2,5-6,13H2,1H3. The lowest BCUT2D eigenvalue weighted by Crippen LogP contribution is -2.24. The number of nitrogens with zero attached hydrogens (tertiary/aromatic N) is 2. The van der Waals surface area contributed by atoms with Gasteiger partial charge in [-0.05, 0) is 29.4 Å². The van der Waals surface area contributed by atoms with Gasteiger partial charge < -0.3 is 15.4 Å². The van der Waals surface area contributed by atoms with E-state index in [1.165, 1.54) is 0 Å². The van der Waals surface area contributed by atoms with Gasteiger partial charge in [-0.25, -0.2) is 4.98 Å². The van der Waals surface area contributed by atoms with E-state index in [0.717, 1.165) is 5.56 Å². The molecule has 0 atom stereocenters. The molecule has 0 amide bonds. The molecule has 0 saturated heterocycles. The fraction of sp³-hybridized carbons (Fsp3) is 0.364. The van der Waals surface area contributed by atoms with E-state index in [-0.39, 0.29) is 5.82 Å². The molecule has 1 aromatic rings. The molecule has 0 aliphatic heterocycles. The number of halogens is 1. The van der Waals surface area contributed by atoms with Gasteiger partial charge in [0, 0.05) is 12.7 Å². The van der Waals surface area contributed by atoms with Crippen molar-refractivity contribution in [3.05, 3.63) is 50.7 Å². The summed E-state index contributed by atoms with van der Waals surface area (Å²) in [6, 6.07) is 3.57. The molecule has 1 aromatic heterocycles. The average Bonchev–Trinajstić information content (AvgIpc) is 2.36. The predicted molar refractivity (Wildman–Crippen MR) is 69.5 cm³/mol. The predicted octanol–water partition coefficient (Wildman–Crippen LogP) is 1.68. The minimum absolute atomic E-state index is 0.327. The van der Waals surface area contributed by atoms with Gasteiger partial charge in [-0.15, -0.1) is 0 Å². The van der Waals surface area contributed by atoms with E-state index in [4.69, 9.17) is 17.3 Å². The Morgan fingerprint density at radius 2 is 2.33 bits per heavy atom. The minimum atomic E-state index is -0.588. The lowest BCUT2D eigenvalue weighted by molar-refractivity contribution is -0.428. The largest absolute Gasteiger partial charge is 0.381 e. The van der Waals surface area contributed by atoms with Gasteiger partial charge in [-0.2, -0.15) is 0 Å². The van der Waals surface area contributed by atoms with Gasteiger partial charge in [-0.3, -0.25) is 5.73 Å². The summed E-state index contributed by atoms with van der Waals surface area (Å²) in [5.41, 5.74) is 6.81. The van der Waals surface area contributed by atoms with Crippen molar-refractivity contribution < 1.29 is 4.92 Å². The molecular weight excluding hydrogens is 256 g/mol. The second-order valence-electron chi connectivity index (χ2n) is 3.64. The molecule has 1 rings (SSSR count). The van der Waals surface area contributed by atoms with Crippen LogP contribution in [0.5, 0.6) is 0 Å². The molecule has 1 heterocycles. The Labute approximate surface area is 110 Å². The van der Waals surface area contributed by atoms with Gasteiger partial charge in [0.15, 0.2) is 0 Å². The van der Waals surface area contributed by atoms with Crippen LogP contribution in [-0.4, -0.2) is 16.5 Å². The maximum absolute atomic E-state index is 10.5. The number of pyridine rings is 1. The van der Waals surface area contributed by atoms with Crippen molar-refractivity contribution in [2.45, 2.75) is 19.8 Å². The molecule has 0 aliphatic carbocycles. The van der Waals surface area contributed by atoms with Gasteiger partial charge in [0.1, 0.15) is 10.9 Å². The summed E-state index contributed by atoms with van der Waals surface area (Å²) < 4.78 is 0. The summed E-state index contributed by atoms with van der Waals surface area (Å²) >= 11 is 5.67. The zero-order valence-electron chi connectivity index (χ0n) is 10.0. The fourth-order valence-corrected chi connectivity index (χ4v) is 1.53. The van der Waals surface area contributed by atoms with E-state index in [0.29, 0.717) is 30.2 Å². The summed E-state index contributed by atoms with van der Waals surface area (Å²) in [5.74, 6) is -0.327. The first-order valence-electron chi connectivity index (χ1n) is 5.52. The van der Waals surface area contributed by atoms with Crippen LogP contribution >= 0.6 is 11.6 Å². The van der Waals surface area contributed by atoms with Gasteiger partial charge in [0.25, 0.3) is 0 Å². The topological polar surface area (TPSA) is 94.1 Å². The number of nitrogens with one attached hydrogen (secondary N) is 1. The van der Waals surface area contributed by atoms with Crippen molar-refractivity contribution in [3.8, 4) is 0 Å². The molecule has 0 radical (unpaired) electrons. The summed E-state index contributed by atoms with van der Waals surface area (Å²) in [6.45, 7) is 2.36. The molecule has 0 bridgehead atoms. The molecule has 0 saturated carbocycles. The molecule has 0 spiro atoms. The van der Waals surface area contributed by atoms with Crippen LogP contribution in [0.1, 0.15) is 18.9 Å². The number of hydrogen-bond acceptors (Lipinski definition) is 5. The van der Waals surface area contributed by atoms with Crippen LogP contribution < -0.4 is 11.1 Å². The normalized spacial score (nSPS) is 11.9.